The number of methoxy groups -OCH3 is 2. The van der Waals surface area contributed by atoms with Gasteiger partial charge in [0, 0.05) is 24.8 Å². The largest absolute Gasteiger partial charge is 3.00 e. The maximum absolute atomic E-state index is 11.6. The number of ether oxygens (including phenoxy) is 2. The number of benzene rings is 6. The number of anilines is 2. The van der Waals surface area contributed by atoms with E-state index in [-0.39, 0.29) is 56.6 Å². The quantitative estimate of drug-likeness (QED) is 0.0989. The first-order chi connectivity index (χ1) is 43.0. The molecule has 0 aliphatic heterocycles. The van der Waals surface area contributed by atoms with Crippen LogP contribution >= 0.6 is 15.6 Å². The summed E-state index contributed by atoms with van der Waals surface area (Å²) in [4.78, 5) is 45.3. The van der Waals surface area contributed by atoms with E-state index in [1.807, 2.05) is 134 Å². The number of aromatic nitrogens is 4. The van der Waals surface area contributed by atoms with Gasteiger partial charge < -0.3 is 47.2 Å². The normalized spacial score (nSPS) is 10.5. The molecule has 92 heavy (non-hydrogen) atoms. The Kier molecular flexibility index (Phi) is 35.2. The molecular formula is C62H58Cl2Co2N6O18P2+2. The van der Waals surface area contributed by atoms with E-state index < -0.39 is 36.1 Å². The van der Waals surface area contributed by atoms with Crippen molar-refractivity contribution < 1.29 is 138 Å². The fourth-order valence-corrected chi connectivity index (χ4v) is 9.06. The minimum absolute atomic E-state index is 0. The number of nitrogens with zero attached hydrogens (tertiary/aromatic N) is 6. The van der Waals surface area contributed by atoms with Crippen molar-refractivity contribution in [2.45, 2.75) is 26.2 Å². The van der Waals surface area contributed by atoms with Crippen molar-refractivity contribution in [1.29, 1.82) is 0 Å². The molecule has 0 bridgehead atoms. The molecule has 0 N–H and O–H groups in total. The second-order valence-corrected chi connectivity index (χ2v) is 21.6. The molecule has 4 heterocycles. The number of hydrogen-bond donors (Lipinski definition) is 0. The number of rotatable bonds is 20. The standard InChI is InChI=1S/2C19H19N3O.2C12H11O4P.2ClHO4.2Co/c2*1-23-19-11-3-2-10-18(19)22(14-16-8-4-6-12-20-16)15-17-9-5-7-13-21-17;2*13-17(14,15-11-7-3-1-4-8-11)16-12-9-5-2-6-10-12;2*2-1(3,4)5;;/h2*2-13H,14-15H2,1H3;2*1-10H,(H,13,14);2*(H,2,3,4,5);;/q;;;;;;2*+3/p-4. The van der Waals surface area contributed by atoms with Crippen LogP contribution in [0.1, 0.15) is 22.8 Å². The molecule has 0 saturated heterocycles. The number of phosphoric ester groups is 2. The van der Waals surface area contributed by atoms with Crippen LogP contribution < -0.4 is 84.4 Å². The van der Waals surface area contributed by atoms with E-state index in [0.29, 0.717) is 26.2 Å². The molecule has 6 aromatic carbocycles. The molecule has 30 heteroatoms. The van der Waals surface area contributed by atoms with E-state index >= 15 is 0 Å². The number of pyridine rings is 4. The molecule has 0 atom stereocenters. The third-order valence-corrected chi connectivity index (χ3v) is 12.7. The Balaban J connectivity index is 0.000000305. The molecule has 0 unspecified atom stereocenters. The Labute approximate surface area is 556 Å². The predicted octanol–water partition coefficient (Wildman–Crippen LogP) is 3.09. The molecule has 0 aliphatic carbocycles. The maximum Gasteiger partial charge on any atom is 3.00 e. The molecule has 4 aromatic heterocycles. The summed E-state index contributed by atoms with van der Waals surface area (Å²) in [6.07, 6.45) is 7.26. The average Bonchev–Trinajstić information content (AvgIpc) is 1.57. The first kappa shape index (κ1) is 78.2. The summed E-state index contributed by atoms with van der Waals surface area (Å²) in [6, 6.07) is 72.7. The van der Waals surface area contributed by atoms with E-state index in [0.717, 1.165) is 45.6 Å². The number of para-hydroxylation sites is 8. The average molecular weight is 1430 g/mol. The molecule has 0 radical (unpaired) electrons. The number of halogens is 2. The van der Waals surface area contributed by atoms with Crippen molar-refractivity contribution in [2.24, 2.45) is 0 Å². The first-order valence-corrected chi connectivity index (χ1v) is 31.6. The zero-order valence-corrected chi connectivity index (χ0v) is 54.0. The van der Waals surface area contributed by atoms with Crippen LogP contribution in [0.3, 0.4) is 0 Å². The molecule has 0 aliphatic rings. The van der Waals surface area contributed by atoms with Gasteiger partial charge in [-0.3, -0.25) is 19.9 Å². The summed E-state index contributed by atoms with van der Waals surface area (Å²) >= 11 is 0. The molecule has 10 rings (SSSR count). The van der Waals surface area contributed by atoms with Crippen LogP contribution in [0.25, 0.3) is 0 Å². The first-order valence-electron chi connectivity index (χ1n) is 26.2. The molecule has 0 spiro atoms. The fraction of sp³-hybridized carbons (Fsp3) is 0.0968. The van der Waals surface area contributed by atoms with E-state index in [2.05, 4.69) is 41.9 Å². The van der Waals surface area contributed by atoms with Crippen LogP contribution in [0.2, 0.25) is 0 Å². The van der Waals surface area contributed by atoms with Gasteiger partial charge in [-0.05, 0) is 121 Å². The van der Waals surface area contributed by atoms with Gasteiger partial charge in [0.1, 0.15) is 34.5 Å². The predicted molar refractivity (Wildman–Crippen MR) is 306 cm³/mol. The van der Waals surface area contributed by atoms with Crippen LogP contribution in [-0.2, 0) is 68.9 Å². The van der Waals surface area contributed by atoms with Crippen LogP contribution in [0.4, 0.5) is 11.4 Å². The Morgan fingerprint density at radius 3 is 0.717 bits per heavy atom. The van der Waals surface area contributed by atoms with Crippen molar-refractivity contribution in [3.8, 4) is 34.5 Å². The van der Waals surface area contributed by atoms with E-state index in [9.17, 15) is 18.9 Å². The smallest absolute Gasteiger partial charge is 0.736 e. The van der Waals surface area contributed by atoms with Crippen molar-refractivity contribution in [3.63, 3.8) is 0 Å². The Morgan fingerprint density at radius 1 is 0.326 bits per heavy atom. The Bertz CT molecular complexity index is 3240. The molecular weight excluding hydrogens is 1370 g/mol. The SMILES string of the molecule is COc1ccccc1N(Cc1ccccn1)Cc1ccccn1.COc1ccccc1N(Cc1ccccn1)Cc1ccccn1.O=P([O-])(Oc1ccccc1)Oc1ccccc1.O=P([O-])(Oc1ccccc1)Oc1ccccc1.[Co+3].[Co+3].[O-][Cl+3]([O-])([O-])[O-].[O-][Cl+3]([O-])([O-])[O-]. The topological polar surface area (TPSA) is 378 Å². The molecule has 0 fully saturated rings. The monoisotopic (exact) mass is 1420 g/mol. The fourth-order valence-electron chi connectivity index (χ4n) is 7.46. The summed E-state index contributed by atoms with van der Waals surface area (Å²) in [5.41, 5.74) is 6.10. The molecule has 0 amide bonds. The number of hydrogen-bond acceptors (Lipinski definition) is 24. The zero-order valence-electron chi connectivity index (χ0n) is 48.6. The Hall–Kier alpha value is -8.03. The molecule has 0 saturated carbocycles. The van der Waals surface area contributed by atoms with Gasteiger partial charge in [0.2, 0.25) is 0 Å². The van der Waals surface area contributed by atoms with Crippen LogP contribution in [0.15, 0.2) is 267 Å². The van der Waals surface area contributed by atoms with Gasteiger partial charge in [0.25, 0.3) is 0 Å². The van der Waals surface area contributed by atoms with Gasteiger partial charge in [-0.1, -0.05) is 121 Å². The Morgan fingerprint density at radius 2 is 0.522 bits per heavy atom. The second kappa shape index (κ2) is 41.5. The summed E-state index contributed by atoms with van der Waals surface area (Å²) < 4.78 is 121. The van der Waals surface area contributed by atoms with E-state index in [1.165, 1.54) is 0 Å². The molecule has 484 valence electrons. The van der Waals surface area contributed by atoms with Crippen molar-refractivity contribution in [2.75, 3.05) is 24.0 Å². The van der Waals surface area contributed by atoms with Crippen LogP contribution in [-0.4, -0.2) is 34.2 Å². The summed E-state index contributed by atoms with van der Waals surface area (Å²) in [6.45, 7) is 2.77. The zero-order chi connectivity index (χ0) is 65.1. The van der Waals surface area contributed by atoms with Gasteiger partial charge >= 0.3 is 49.2 Å². The summed E-state index contributed by atoms with van der Waals surface area (Å²) in [7, 11) is -15.3. The molecule has 10 aromatic rings. The third kappa shape index (κ3) is 33.9. The van der Waals surface area contributed by atoms with Gasteiger partial charge in [-0.15, -0.1) is 20.5 Å². The third-order valence-electron chi connectivity index (χ3n) is 11.0. The molecule has 24 nitrogen and oxygen atoms in total. The van der Waals surface area contributed by atoms with Crippen LogP contribution in [0, 0.1) is 20.5 Å². The van der Waals surface area contributed by atoms with Gasteiger partial charge in [-0.2, -0.15) is 0 Å². The van der Waals surface area contributed by atoms with Crippen molar-refractivity contribution in [3.05, 3.63) is 290 Å². The summed E-state index contributed by atoms with van der Waals surface area (Å²) in [5, 5.41) is 0. The maximum atomic E-state index is 11.6. The van der Waals surface area contributed by atoms with Gasteiger partial charge in [0.15, 0.2) is 0 Å². The van der Waals surface area contributed by atoms with Crippen LogP contribution in [0.5, 0.6) is 34.5 Å². The minimum atomic E-state index is -4.94. The van der Waals surface area contributed by atoms with Crippen molar-refractivity contribution >= 4 is 27.0 Å². The van der Waals surface area contributed by atoms with Crippen molar-refractivity contribution in [1.82, 2.24) is 19.9 Å². The second-order valence-electron chi connectivity index (χ2n) is 17.6. The number of phosphoric acid groups is 2. The van der Waals surface area contributed by atoms with Gasteiger partial charge in [-0.25, -0.2) is 46.4 Å². The minimum Gasteiger partial charge on any atom is -0.736 e. The summed E-state index contributed by atoms with van der Waals surface area (Å²) in [5.74, 6) is 2.59. The van der Waals surface area contributed by atoms with Gasteiger partial charge in [0.05, 0.1) is 74.5 Å². The van der Waals surface area contributed by atoms with E-state index in [4.69, 9.17) is 64.8 Å². The van der Waals surface area contributed by atoms with E-state index in [1.54, 1.807) is 136 Å².